The lowest BCUT2D eigenvalue weighted by molar-refractivity contribution is 0.606. The van der Waals surface area contributed by atoms with Crippen molar-refractivity contribution in [2.45, 2.75) is 39.7 Å². The highest BCUT2D eigenvalue weighted by Gasteiger charge is 2.30. The average Bonchev–Trinajstić information content (AvgIpc) is 3.04. The Bertz CT molecular complexity index is 411. The van der Waals surface area contributed by atoms with E-state index in [0.717, 1.165) is 28.3 Å². The maximum absolute atomic E-state index is 5.93. The molecule has 0 atom stereocenters. The van der Waals surface area contributed by atoms with E-state index in [2.05, 4.69) is 47.7 Å². The zero-order valence-corrected chi connectivity index (χ0v) is 12.4. The van der Waals surface area contributed by atoms with Crippen molar-refractivity contribution in [3.63, 3.8) is 0 Å². The molecule has 0 heterocycles. The fourth-order valence-electron chi connectivity index (χ4n) is 2.13. The first-order chi connectivity index (χ1) is 7.99. The second-order valence-corrected chi connectivity index (χ2v) is 6.29. The standard InChI is InChI=1S/C14H21BrN2/c1-9(2)8-17(11-4-5-11)14-6-10(3)13(16)7-12(14)15/h6-7,9,11H,4-5,8,16H2,1-3H3. The van der Waals surface area contributed by atoms with Gasteiger partial charge in [-0.15, -0.1) is 0 Å². The fraction of sp³-hybridized carbons (Fsp3) is 0.571. The van der Waals surface area contributed by atoms with Gasteiger partial charge in [0.2, 0.25) is 0 Å². The van der Waals surface area contributed by atoms with Gasteiger partial charge < -0.3 is 10.6 Å². The summed E-state index contributed by atoms with van der Waals surface area (Å²) in [5.41, 5.74) is 9.26. The molecule has 3 heteroatoms. The number of hydrogen-bond donors (Lipinski definition) is 1. The van der Waals surface area contributed by atoms with E-state index in [4.69, 9.17) is 5.73 Å². The van der Waals surface area contributed by atoms with E-state index in [1.54, 1.807) is 0 Å². The van der Waals surface area contributed by atoms with E-state index in [0.29, 0.717) is 5.92 Å². The molecule has 0 bridgehead atoms. The van der Waals surface area contributed by atoms with Crippen molar-refractivity contribution in [1.82, 2.24) is 0 Å². The molecule has 0 saturated heterocycles. The monoisotopic (exact) mass is 296 g/mol. The van der Waals surface area contributed by atoms with Crippen LogP contribution in [0, 0.1) is 12.8 Å². The van der Waals surface area contributed by atoms with Gasteiger partial charge >= 0.3 is 0 Å². The molecule has 2 N–H and O–H groups in total. The van der Waals surface area contributed by atoms with Crippen molar-refractivity contribution in [3.05, 3.63) is 22.2 Å². The summed E-state index contributed by atoms with van der Waals surface area (Å²) in [7, 11) is 0. The molecule has 2 nitrogen and oxygen atoms in total. The number of nitrogens with zero attached hydrogens (tertiary/aromatic N) is 1. The van der Waals surface area contributed by atoms with Gasteiger partial charge in [-0.2, -0.15) is 0 Å². The SMILES string of the molecule is Cc1cc(N(CC(C)C)C2CC2)c(Br)cc1N. The molecule has 0 aliphatic heterocycles. The Balaban J connectivity index is 2.31. The second-order valence-electron chi connectivity index (χ2n) is 5.44. The molecule has 17 heavy (non-hydrogen) atoms. The maximum atomic E-state index is 5.93. The van der Waals surface area contributed by atoms with Crippen molar-refractivity contribution >= 4 is 27.3 Å². The number of nitrogens with two attached hydrogens (primary N) is 1. The third kappa shape index (κ3) is 2.95. The Kier molecular flexibility index (Phi) is 3.67. The lowest BCUT2D eigenvalue weighted by Crippen LogP contribution is -2.30. The first-order valence-electron chi connectivity index (χ1n) is 6.31. The van der Waals surface area contributed by atoms with E-state index in [1.807, 2.05) is 6.07 Å². The van der Waals surface area contributed by atoms with Gasteiger partial charge in [-0.25, -0.2) is 0 Å². The predicted molar refractivity (Wildman–Crippen MR) is 78.5 cm³/mol. The van der Waals surface area contributed by atoms with Gasteiger partial charge in [0.05, 0.1) is 5.69 Å². The molecule has 1 aliphatic rings. The van der Waals surface area contributed by atoms with Gasteiger partial charge in [-0.05, 0) is 59.3 Å². The summed E-state index contributed by atoms with van der Waals surface area (Å²) in [5.74, 6) is 0.681. The van der Waals surface area contributed by atoms with E-state index in [1.165, 1.54) is 18.5 Å². The molecule has 1 aromatic rings. The quantitative estimate of drug-likeness (QED) is 0.852. The second kappa shape index (κ2) is 4.89. The van der Waals surface area contributed by atoms with Crippen LogP contribution in [-0.4, -0.2) is 12.6 Å². The van der Waals surface area contributed by atoms with Crippen LogP contribution in [0.4, 0.5) is 11.4 Å². The molecule has 0 spiro atoms. The first kappa shape index (κ1) is 12.7. The molecular weight excluding hydrogens is 276 g/mol. The van der Waals surface area contributed by atoms with E-state index < -0.39 is 0 Å². The average molecular weight is 297 g/mol. The predicted octanol–water partition coefficient (Wildman–Crippen LogP) is 3.96. The van der Waals surface area contributed by atoms with Gasteiger partial charge in [-0.1, -0.05) is 13.8 Å². The van der Waals surface area contributed by atoms with Crippen LogP contribution in [0.5, 0.6) is 0 Å². The van der Waals surface area contributed by atoms with Gasteiger partial charge in [0.25, 0.3) is 0 Å². The van der Waals surface area contributed by atoms with E-state index in [9.17, 15) is 0 Å². The lowest BCUT2D eigenvalue weighted by Gasteiger charge is -2.28. The van der Waals surface area contributed by atoms with Crippen LogP contribution < -0.4 is 10.6 Å². The molecule has 1 aromatic carbocycles. The normalized spacial score (nSPS) is 15.4. The summed E-state index contributed by atoms with van der Waals surface area (Å²) in [5, 5.41) is 0. The Labute approximate surface area is 112 Å². The van der Waals surface area contributed by atoms with Crippen molar-refractivity contribution in [2.75, 3.05) is 17.2 Å². The Hall–Kier alpha value is -0.700. The fourth-order valence-corrected chi connectivity index (χ4v) is 2.71. The minimum atomic E-state index is 0.681. The Morgan fingerprint density at radius 1 is 1.41 bits per heavy atom. The summed E-state index contributed by atoms with van der Waals surface area (Å²) in [6, 6.07) is 4.97. The van der Waals surface area contributed by atoms with Crippen molar-refractivity contribution in [2.24, 2.45) is 5.92 Å². The molecule has 1 aliphatic carbocycles. The van der Waals surface area contributed by atoms with Gasteiger partial charge in [0.15, 0.2) is 0 Å². The smallest absolute Gasteiger partial charge is 0.0517 e. The topological polar surface area (TPSA) is 29.3 Å². The van der Waals surface area contributed by atoms with Crippen LogP contribution >= 0.6 is 15.9 Å². The number of anilines is 2. The highest BCUT2D eigenvalue weighted by atomic mass is 79.9. The van der Waals surface area contributed by atoms with Crippen LogP contribution in [0.25, 0.3) is 0 Å². The zero-order chi connectivity index (χ0) is 12.6. The molecule has 94 valence electrons. The largest absolute Gasteiger partial charge is 0.398 e. The molecule has 0 radical (unpaired) electrons. The Morgan fingerprint density at radius 2 is 2.06 bits per heavy atom. The Morgan fingerprint density at radius 3 is 2.59 bits per heavy atom. The molecule has 0 unspecified atom stereocenters. The third-order valence-corrected chi connectivity index (χ3v) is 3.83. The number of halogens is 1. The van der Waals surface area contributed by atoms with Crippen molar-refractivity contribution < 1.29 is 0 Å². The zero-order valence-electron chi connectivity index (χ0n) is 10.8. The minimum Gasteiger partial charge on any atom is -0.398 e. The van der Waals surface area contributed by atoms with E-state index >= 15 is 0 Å². The molecule has 0 amide bonds. The summed E-state index contributed by atoms with van der Waals surface area (Å²) in [4.78, 5) is 2.53. The van der Waals surface area contributed by atoms with Crippen LogP contribution in [0.15, 0.2) is 16.6 Å². The van der Waals surface area contributed by atoms with Gasteiger partial charge in [-0.3, -0.25) is 0 Å². The highest BCUT2D eigenvalue weighted by molar-refractivity contribution is 9.10. The summed E-state index contributed by atoms with van der Waals surface area (Å²) in [6.45, 7) is 7.74. The number of benzene rings is 1. The summed E-state index contributed by atoms with van der Waals surface area (Å²) in [6.07, 6.45) is 2.64. The van der Waals surface area contributed by atoms with Crippen LogP contribution in [0.1, 0.15) is 32.3 Å². The molecule has 1 saturated carbocycles. The van der Waals surface area contributed by atoms with Crippen molar-refractivity contribution in [3.8, 4) is 0 Å². The molecule has 0 aromatic heterocycles. The highest BCUT2D eigenvalue weighted by Crippen LogP contribution is 2.38. The molecule has 2 rings (SSSR count). The minimum absolute atomic E-state index is 0.681. The molecular formula is C14H21BrN2. The number of rotatable bonds is 4. The molecule has 1 fully saturated rings. The maximum Gasteiger partial charge on any atom is 0.0517 e. The van der Waals surface area contributed by atoms with Crippen LogP contribution in [0.2, 0.25) is 0 Å². The van der Waals surface area contributed by atoms with Crippen LogP contribution in [-0.2, 0) is 0 Å². The van der Waals surface area contributed by atoms with Gasteiger partial charge in [0, 0.05) is 22.7 Å². The van der Waals surface area contributed by atoms with E-state index in [-0.39, 0.29) is 0 Å². The lowest BCUT2D eigenvalue weighted by atomic mass is 10.1. The van der Waals surface area contributed by atoms with Crippen molar-refractivity contribution in [1.29, 1.82) is 0 Å². The number of aryl methyl sites for hydroxylation is 1. The van der Waals surface area contributed by atoms with Crippen LogP contribution in [0.3, 0.4) is 0 Å². The summed E-state index contributed by atoms with van der Waals surface area (Å²) < 4.78 is 1.12. The third-order valence-electron chi connectivity index (χ3n) is 3.19. The van der Waals surface area contributed by atoms with Gasteiger partial charge in [0.1, 0.15) is 0 Å². The first-order valence-corrected chi connectivity index (χ1v) is 7.10. The summed E-state index contributed by atoms with van der Waals surface area (Å²) >= 11 is 3.65. The number of nitrogen functional groups attached to an aromatic ring is 1. The number of hydrogen-bond acceptors (Lipinski definition) is 2.